The standard InChI is InChI=1S/C17H25N3O3/c1-19(2)16(21)11-22-15-6-8-23-17(9-15)12-20(13-17)10-14-5-3-4-7-18-14/h3-5,7,15H,6,8-13H2,1-2H3/t15-/m0/s1. The zero-order chi connectivity index (χ0) is 16.3. The Hall–Kier alpha value is -1.50. The molecule has 1 spiro atoms. The molecule has 3 heterocycles. The van der Waals surface area contributed by atoms with Gasteiger partial charge in [0.25, 0.3) is 0 Å². The maximum absolute atomic E-state index is 11.6. The van der Waals surface area contributed by atoms with Crippen molar-refractivity contribution in [3.8, 4) is 0 Å². The molecule has 0 aliphatic carbocycles. The fourth-order valence-electron chi connectivity index (χ4n) is 3.26. The van der Waals surface area contributed by atoms with E-state index >= 15 is 0 Å². The summed E-state index contributed by atoms with van der Waals surface area (Å²) in [5, 5.41) is 0. The van der Waals surface area contributed by atoms with Crippen LogP contribution in [0.3, 0.4) is 0 Å². The first kappa shape index (κ1) is 16.4. The Morgan fingerprint density at radius 1 is 1.48 bits per heavy atom. The lowest BCUT2D eigenvalue weighted by Gasteiger charge is -2.53. The molecule has 2 saturated heterocycles. The van der Waals surface area contributed by atoms with Crippen molar-refractivity contribution in [2.75, 3.05) is 40.4 Å². The molecule has 3 rings (SSSR count). The van der Waals surface area contributed by atoms with Gasteiger partial charge in [0.05, 0.1) is 17.4 Å². The lowest BCUT2D eigenvalue weighted by atomic mass is 9.84. The zero-order valence-electron chi connectivity index (χ0n) is 13.9. The van der Waals surface area contributed by atoms with E-state index in [9.17, 15) is 4.79 Å². The van der Waals surface area contributed by atoms with Gasteiger partial charge in [-0.15, -0.1) is 0 Å². The lowest BCUT2D eigenvalue weighted by molar-refractivity contribution is -0.200. The van der Waals surface area contributed by atoms with Gasteiger partial charge in [0.2, 0.25) is 5.91 Å². The van der Waals surface area contributed by atoms with Crippen LogP contribution in [0.5, 0.6) is 0 Å². The summed E-state index contributed by atoms with van der Waals surface area (Å²) in [6, 6.07) is 5.99. The molecule has 6 nitrogen and oxygen atoms in total. The van der Waals surface area contributed by atoms with Crippen LogP contribution in [0.2, 0.25) is 0 Å². The van der Waals surface area contributed by atoms with Crippen LogP contribution in [-0.2, 0) is 20.8 Å². The summed E-state index contributed by atoms with van der Waals surface area (Å²) in [7, 11) is 3.50. The molecule has 0 bridgehead atoms. The highest BCUT2D eigenvalue weighted by atomic mass is 16.5. The third-order valence-corrected chi connectivity index (χ3v) is 4.52. The number of aromatic nitrogens is 1. The molecule has 2 aliphatic rings. The average Bonchev–Trinajstić information content (AvgIpc) is 2.52. The average molecular weight is 319 g/mol. The van der Waals surface area contributed by atoms with Crippen LogP contribution >= 0.6 is 0 Å². The Kier molecular flexibility index (Phi) is 4.94. The minimum Gasteiger partial charge on any atom is -0.372 e. The van der Waals surface area contributed by atoms with Gasteiger partial charge in [-0.1, -0.05) is 6.07 Å². The quantitative estimate of drug-likeness (QED) is 0.808. The predicted molar refractivity (Wildman–Crippen MR) is 85.9 cm³/mol. The molecule has 0 N–H and O–H groups in total. The minimum atomic E-state index is -0.0984. The van der Waals surface area contributed by atoms with Gasteiger partial charge in [-0.3, -0.25) is 14.7 Å². The molecule has 1 amide bonds. The number of amides is 1. The van der Waals surface area contributed by atoms with Gasteiger partial charge in [-0.2, -0.15) is 0 Å². The number of hydrogen-bond acceptors (Lipinski definition) is 5. The molecule has 1 aromatic heterocycles. The van der Waals surface area contributed by atoms with Gasteiger partial charge in [0, 0.05) is 53.0 Å². The Balaban J connectivity index is 1.45. The number of carbonyl (C=O) groups is 1. The van der Waals surface area contributed by atoms with E-state index in [-0.39, 0.29) is 24.2 Å². The van der Waals surface area contributed by atoms with Crippen molar-refractivity contribution in [1.29, 1.82) is 0 Å². The normalized spacial score (nSPS) is 23.5. The van der Waals surface area contributed by atoms with Crippen molar-refractivity contribution in [1.82, 2.24) is 14.8 Å². The molecule has 2 fully saturated rings. The number of ether oxygens (including phenoxy) is 2. The van der Waals surface area contributed by atoms with Gasteiger partial charge >= 0.3 is 0 Å². The molecule has 6 heteroatoms. The first-order valence-corrected chi connectivity index (χ1v) is 8.14. The summed E-state index contributed by atoms with van der Waals surface area (Å²) in [4.78, 5) is 19.9. The van der Waals surface area contributed by atoms with Gasteiger partial charge in [0.1, 0.15) is 6.61 Å². The largest absolute Gasteiger partial charge is 0.372 e. The van der Waals surface area contributed by atoms with E-state index in [1.165, 1.54) is 0 Å². The molecule has 0 aromatic carbocycles. The first-order valence-electron chi connectivity index (χ1n) is 8.14. The van der Waals surface area contributed by atoms with Crippen LogP contribution in [0.25, 0.3) is 0 Å². The number of hydrogen-bond donors (Lipinski definition) is 0. The fraction of sp³-hybridized carbons (Fsp3) is 0.647. The van der Waals surface area contributed by atoms with E-state index in [2.05, 4.69) is 9.88 Å². The Bertz CT molecular complexity index is 529. The number of likely N-dealkylation sites (tertiary alicyclic amines) is 1. The molecule has 126 valence electrons. The molecule has 0 saturated carbocycles. The molecule has 0 unspecified atom stereocenters. The van der Waals surface area contributed by atoms with Crippen LogP contribution in [0.1, 0.15) is 18.5 Å². The fourth-order valence-corrected chi connectivity index (χ4v) is 3.26. The topological polar surface area (TPSA) is 54.9 Å². The van der Waals surface area contributed by atoms with E-state index in [0.717, 1.165) is 38.2 Å². The first-order chi connectivity index (χ1) is 11.1. The predicted octanol–water partition coefficient (Wildman–Crippen LogP) is 0.920. The molecule has 1 aromatic rings. The Morgan fingerprint density at radius 3 is 3.00 bits per heavy atom. The number of likely N-dealkylation sites (N-methyl/N-ethyl adjacent to an activating group) is 1. The number of pyridine rings is 1. The second kappa shape index (κ2) is 6.95. The van der Waals surface area contributed by atoms with Crippen LogP contribution < -0.4 is 0 Å². The minimum absolute atomic E-state index is 0.0101. The third kappa shape index (κ3) is 4.07. The summed E-state index contributed by atoms with van der Waals surface area (Å²) >= 11 is 0. The van der Waals surface area contributed by atoms with Crippen molar-refractivity contribution in [3.05, 3.63) is 30.1 Å². The summed E-state index contributed by atoms with van der Waals surface area (Å²) in [6.07, 6.45) is 3.67. The maximum atomic E-state index is 11.6. The van der Waals surface area contributed by atoms with Crippen LogP contribution in [-0.4, -0.2) is 72.8 Å². The highest BCUT2D eigenvalue weighted by molar-refractivity contribution is 5.76. The van der Waals surface area contributed by atoms with E-state index in [0.29, 0.717) is 6.61 Å². The van der Waals surface area contributed by atoms with Crippen LogP contribution in [0.4, 0.5) is 0 Å². The second-order valence-corrected chi connectivity index (χ2v) is 6.71. The van der Waals surface area contributed by atoms with Crippen molar-refractivity contribution in [3.63, 3.8) is 0 Å². The van der Waals surface area contributed by atoms with Crippen molar-refractivity contribution in [2.24, 2.45) is 0 Å². The van der Waals surface area contributed by atoms with Crippen LogP contribution in [0, 0.1) is 0 Å². The van der Waals surface area contributed by atoms with E-state index in [1.807, 2.05) is 24.4 Å². The summed E-state index contributed by atoms with van der Waals surface area (Å²) in [5.41, 5.74) is 0.987. The van der Waals surface area contributed by atoms with Gasteiger partial charge in [-0.05, 0) is 18.6 Å². The summed E-state index contributed by atoms with van der Waals surface area (Å²) < 4.78 is 11.8. The number of rotatable bonds is 5. The molecule has 1 atom stereocenters. The van der Waals surface area contributed by atoms with Crippen molar-refractivity contribution >= 4 is 5.91 Å². The van der Waals surface area contributed by atoms with Crippen molar-refractivity contribution < 1.29 is 14.3 Å². The summed E-state index contributed by atoms with van der Waals surface area (Å²) in [5.74, 6) is 0.0101. The van der Waals surface area contributed by atoms with Gasteiger partial charge in [0.15, 0.2) is 0 Å². The highest BCUT2D eigenvalue weighted by Gasteiger charge is 2.47. The maximum Gasteiger partial charge on any atom is 0.248 e. The van der Waals surface area contributed by atoms with E-state index < -0.39 is 0 Å². The molecule has 2 aliphatic heterocycles. The molecule has 0 radical (unpaired) electrons. The third-order valence-electron chi connectivity index (χ3n) is 4.52. The Morgan fingerprint density at radius 2 is 2.30 bits per heavy atom. The zero-order valence-corrected chi connectivity index (χ0v) is 13.9. The second-order valence-electron chi connectivity index (χ2n) is 6.71. The lowest BCUT2D eigenvalue weighted by Crippen LogP contribution is -2.65. The van der Waals surface area contributed by atoms with Crippen molar-refractivity contribution in [2.45, 2.75) is 31.1 Å². The SMILES string of the molecule is CN(C)C(=O)CO[C@H]1CCOC2(C1)CN(Cc1ccccn1)C2. The number of nitrogens with zero attached hydrogens (tertiary/aromatic N) is 3. The Labute approximate surface area is 137 Å². The molecular formula is C17H25N3O3. The molecule has 23 heavy (non-hydrogen) atoms. The van der Waals surface area contributed by atoms with E-state index in [4.69, 9.17) is 9.47 Å². The van der Waals surface area contributed by atoms with Gasteiger partial charge < -0.3 is 14.4 Å². The van der Waals surface area contributed by atoms with Crippen LogP contribution in [0.15, 0.2) is 24.4 Å². The van der Waals surface area contributed by atoms with E-state index in [1.54, 1.807) is 19.0 Å². The monoisotopic (exact) mass is 319 g/mol. The van der Waals surface area contributed by atoms with Gasteiger partial charge in [-0.25, -0.2) is 0 Å². The summed E-state index contributed by atoms with van der Waals surface area (Å²) in [6.45, 7) is 3.54. The highest BCUT2D eigenvalue weighted by Crippen LogP contribution is 2.35. The molecular weight excluding hydrogens is 294 g/mol. The smallest absolute Gasteiger partial charge is 0.248 e. The number of carbonyl (C=O) groups excluding carboxylic acids is 1.